The van der Waals surface area contributed by atoms with Crippen LogP contribution in [0.15, 0.2) is 6.33 Å². The molecular weight excluding hydrogens is 254 g/mol. The van der Waals surface area contributed by atoms with Crippen LogP contribution in [0.3, 0.4) is 0 Å². The van der Waals surface area contributed by atoms with E-state index in [0.717, 1.165) is 58.2 Å². The molecule has 1 aromatic rings. The van der Waals surface area contributed by atoms with E-state index >= 15 is 0 Å². The number of hydrogen-bond donors (Lipinski definition) is 1. The average molecular weight is 279 g/mol. The number of fused-ring (bicyclic) bond motifs is 1. The van der Waals surface area contributed by atoms with Crippen LogP contribution < -0.4 is 5.32 Å². The van der Waals surface area contributed by atoms with Crippen molar-refractivity contribution >= 4 is 0 Å². The summed E-state index contributed by atoms with van der Waals surface area (Å²) in [6.45, 7) is 9.20. The van der Waals surface area contributed by atoms with Gasteiger partial charge in [-0.15, -0.1) is 10.2 Å². The van der Waals surface area contributed by atoms with E-state index in [1.807, 2.05) is 6.33 Å². The molecule has 3 rings (SSSR count). The van der Waals surface area contributed by atoms with Gasteiger partial charge in [0, 0.05) is 38.2 Å². The molecule has 1 saturated heterocycles. The zero-order valence-corrected chi connectivity index (χ0v) is 12.3. The van der Waals surface area contributed by atoms with Crippen LogP contribution in [0.25, 0.3) is 0 Å². The van der Waals surface area contributed by atoms with E-state index in [1.165, 1.54) is 6.42 Å². The quantitative estimate of drug-likeness (QED) is 0.850. The molecule has 2 atom stereocenters. The van der Waals surface area contributed by atoms with E-state index in [1.54, 1.807) is 0 Å². The van der Waals surface area contributed by atoms with E-state index < -0.39 is 0 Å². The SMILES string of the molecule is CCCNC1CCOCC1CN1CCn2cnnc2C1. The Balaban J connectivity index is 1.56. The summed E-state index contributed by atoms with van der Waals surface area (Å²) in [6, 6.07) is 0.600. The van der Waals surface area contributed by atoms with E-state index in [9.17, 15) is 0 Å². The Morgan fingerprint density at radius 1 is 1.45 bits per heavy atom. The van der Waals surface area contributed by atoms with Gasteiger partial charge in [0.25, 0.3) is 0 Å². The molecule has 2 unspecified atom stereocenters. The van der Waals surface area contributed by atoms with Crippen molar-refractivity contribution in [1.29, 1.82) is 0 Å². The molecule has 0 amide bonds. The van der Waals surface area contributed by atoms with Crippen LogP contribution in [0.4, 0.5) is 0 Å². The summed E-state index contributed by atoms with van der Waals surface area (Å²) >= 11 is 0. The lowest BCUT2D eigenvalue weighted by Crippen LogP contribution is -2.49. The molecule has 112 valence electrons. The predicted octanol–water partition coefficient (Wildman–Crippen LogP) is 0.498. The van der Waals surface area contributed by atoms with E-state index in [4.69, 9.17) is 4.74 Å². The van der Waals surface area contributed by atoms with Crippen molar-refractivity contribution < 1.29 is 4.74 Å². The molecule has 1 N–H and O–H groups in total. The van der Waals surface area contributed by atoms with Crippen LogP contribution in [-0.2, 0) is 17.8 Å². The summed E-state index contributed by atoms with van der Waals surface area (Å²) < 4.78 is 7.84. The van der Waals surface area contributed by atoms with E-state index in [0.29, 0.717) is 12.0 Å². The van der Waals surface area contributed by atoms with Crippen LogP contribution in [-0.4, -0.2) is 58.6 Å². The maximum atomic E-state index is 5.69. The second kappa shape index (κ2) is 6.65. The fraction of sp³-hybridized carbons (Fsp3) is 0.857. The minimum atomic E-state index is 0.588. The lowest BCUT2D eigenvalue weighted by Gasteiger charge is -2.37. The number of aromatic nitrogens is 3. The molecule has 3 heterocycles. The maximum Gasteiger partial charge on any atom is 0.147 e. The fourth-order valence-electron chi connectivity index (χ4n) is 3.18. The summed E-state index contributed by atoms with van der Waals surface area (Å²) in [7, 11) is 0. The van der Waals surface area contributed by atoms with Crippen LogP contribution in [0.2, 0.25) is 0 Å². The molecule has 0 spiro atoms. The zero-order chi connectivity index (χ0) is 13.8. The van der Waals surface area contributed by atoms with Crippen molar-refractivity contribution in [1.82, 2.24) is 25.0 Å². The molecule has 0 bridgehead atoms. The molecule has 0 radical (unpaired) electrons. The van der Waals surface area contributed by atoms with Crippen molar-refractivity contribution in [3.8, 4) is 0 Å². The van der Waals surface area contributed by atoms with Crippen molar-refractivity contribution in [3.63, 3.8) is 0 Å². The van der Waals surface area contributed by atoms with Crippen molar-refractivity contribution in [3.05, 3.63) is 12.2 Å². The van der Waals surface area contributed by atoms with Crippen LogP contribution >= 0.6 is 0 Å². The van der Waals surface area contributed by atoms with Gasteiger partial charge in [-0.3, -0.25) is 4.90 Å². The molecule has 1 fully saturated rings. The summed E-state index contributed by atoms with van der Waals surface area (Å²) in [5, 5.41) is 11.9. The summed E-state index contributed by atoms with van der Waals surface area (Å²) in [5.74, 6) is 1.68. The number of ether oxygens (including phenoxy) is 1. The highest BCUT2D eigenvalue weighted by molar-refractivity contribution is 4.91. The molecule has 0 aromatic carbocycles. The van der Waals surface area contributed by atoms with Gasteiger partial charge in [0.1, 0.15) is 12.2 Å². The normalized spacial score (nSPS) is 27.4. The van der Waals surface area contributed by atoms with Crippen molar-refractivity contribution in [2.75, 3.05) is 32.8 Å². The lowest BCUT2D eigenvalue weighted by atomic mass is 9.94. The first-order valence-corrected chi connectivity index (χ1v) is 7.77. The highest BCUT2D eigenvalue weighted by Gasteiger charge is 2.28. The highest BCUT2D eigenvalue weighted by Crippen LogP contribution is 2.19. The predicted molar refractivity (Wildman–Crippen MR) is 76.3 cm³/mol. The topological polar surface area (TPSA) is 55.2 Å². The third kappa shape index (κ3) is 3.19. The van der Waals surface area contributed by atoms with Crippen molar-refractivity contribution in [2.45, 2.75) is 38.9 Å². The Morgan fingerprint density at radius 2 is 2.40 bits per heavy atom. The van der Waals surface area contributed by atoms with Crippen LogP contribution in [0.5, 0.6) is 0 Å². The molecule has 0 saturated carbocycles. The van der Waals surface area contributed by atoms with Gasteiger partial charge in [-0.25, -0.2) is 0 Å². The fourth-order valence-corrected chi connectivity index (χ4v) is 3.18. The lowest BCUT2D eigenvalue weighted by molar-refractivity contribution is 0.0126. The Hall–Kier alpha value is -0.980. The van der Waals surface area contributed by atoms with Gasteiger partial charge in [0.2, 0.25) is 0 Å². The zero-order valence-electron chi connectivity index (χ0n) is 12.3. The first-order chi connectivity index (χ1) is 9.86. The second-order valence-electron chi connectivity index (χ2n) is 5.86. The summed E-state index contributed by atoms with van der Waals surface area (Å²) in [6.07, 6.45) is 4.16. The van der Waals surface area contributed by atoms with Gasteiger partial charge >= 0.3 is 0 Å². The van der Waals surface area contributed by atoms with Crippen molar-refractivity contribution in [2.24, 2.45) is 5.92 Å². The molecular formula is C14H25N5O. The van der Waals surface area contributed by atoms with Gasteiger partial charge in [-0.05, 0) is 19.4 Å². The number of nitrogens with zero attached hydrogens (tertiary/aromatic N) is 4. The maximum absolute atomic E-state index is 5.69. The largest absolute Gasteiger partial charge is 0.381 e. The highest BCUT2D eigenvalue weighted by atomic mass is 16.5. The molecule has 6 heteroatoms. The van der Waals surface area contributed by atoms with Gasteiger partial charge in [-0.1, -0.05) is 6.92 Å². The molecule has 1 aromatic heterocycles. The molecule has 20 heavy (non-hydrogen) atoms. The minimum absolute atomic E-state index is 0.588. The van der Waals surface area contributed by atoms with E-state index in [-0.39, 0.29) is 0 Å². The minimum Gasteiger partial charge on any atom is -0.381 e. The number of rotatable bonds is 5. The monoisotopic (exact) mass is 279 g/mol. The first kappa shape index (κ1) is 14.0. The smallest absolute Gasteiger partial charge is 0.147 e. The van der Waals surface area contributed by atoms with Gasteiger partial charge in [0.05, 0.1) is 13.2 Å². The average Bonchev–Trinajstić information content (AvgIpc) is 2.94. The number of nitrogens with one attached hydrogen (secondary N) is 1. The Bertz CT molecular complexity index is 421. The standard InChI is InChI=1S/C14H25N5O/c1-2-4-15-13-3-7-20-10-12(13)8-18-5-6-19-11-16-17-14(19)9-18/h11-13,15H,2-10H2,1H3. The van der Waals surface area contributed by atoms with E-state index in [2.05, 4.69) is 31.9 Å². The third-order valence-corrected chi connectivity index (χ3v) is 4.34. The molecule has 2 aliphatic heterocycles. The van der Waals surface area contributed by atoms with Gasteiger partial charge in [0.15, 0.2) is 0 Å². The molecule has 2 aliphatic rings. The summed E-state index contributed by atoms with van der Waals surface area (Å²) in [5.41, 5.74) is 0. The Morgan fingerprint density at radius 3 is 3.30 bits per heavy atom. The first-order valence-electron chi connectivity index (χ1n) is 7.77. The van der Waals surface area contributed by atoms with Crippen LogP contribution in [0, 0.1) is 5.92 Å². The number of hydrogen-bond acceptors (Lipinski definition) is 5. The third-order valence-electron chi connectivity index (χ3n) is 4.34. The van der Waals surface area contributed by atoms with Crippen LogP contribution in [0.1, 0.15) is 25.6 Å². The van der Waals surface area contributed by atoms with Gasteiger partial charge in [-0.2, -0.15) is 0 Å². The second-order valence-corrected chi connectivity index (χ2v) is 5.86. The summed E-state index contributed by atoms with van der Waals surface area (Å²) in [4.78, 5) is 2.49. The Labute approximate surface area is 120 Å². The molecule has 0 aliphatic carbocycles. The van der Waals surface area contributed by atoms with Gasteiger partial charge < -0.3 is 14.6 Å². The Kier molecular flexibility index (Phi) is 4.65. The molecule has 6 nitrogen and oxygen atoms in total.